The van der Waals surface area contributed by atoms with E-state index < -0.39 is 0 Å². The lowest BCUT2D eigenvalue weighted by atomic mass is 9.88. The number of likely N-dealkylation sites (tertiary alicyclic amines) is 1. The molecule has 0 saturated carbocycles. The van der Waals surface area contributed by atoms with E-state index in [4.69, 9.17) is 9.47 Å². The maximum Gasteiger partial charge on any atom is 0.251 e. The molecular weight excluding hydrogens is 657 g/mol. The summed E-state index contributed by atoms with van der Waals surface area (Å²) in [5.74, 6) is 0.639. The largest absolute Gasteiger partial charge is 0.380 e. The van der Waals surface area contributed by atoms with Crippen molar-refractivity contribution in [1.82, 2.24) is 20.1 Å². The molecule has 3 aromatic rings. The lowest BCUT2D eigenvalue weighted by Crippen LogP contribution is -2.46. The molecule has 1 atom stereocenters. The molecule has 4 rings (SSSR count). The number of nitrogens with zero attached hydrogens (tertiary/aromatic N) is 2. The Morgan fingerprint density at radius 1 is 0.736 bits per heavy atom. The van der Waals surface area contributed by atoms with Crippen LogP contribution < -0.4 is 16.2 Å². The molecule has 2 aromatic carbocycles. The van der Waals surface area contributed by atoms with Crippen LogP contribution in [0.25, 0.3) is 11.1 Å². The molecule has 2 N–H and O–H groups in total. The standard InChI is InChI=1S/C46H72N4O3/c1-43(2,3)33-52-28-26-49-23-20-38(21-24-49)36-14-12-35(13-15-36)32-47-46(10,11)31-41(48-45(7,8)9)39-18-16-37(17-19-39)40-22-25-50(42(51)30-40)27-29-53-34-44(4,5)6/h12-19,22,25,30,38,41,47-48H,20-21,23-24,26-29,31-34H2,1-11H3. The van der Waals surface area contributed by atoms with Crippen LogP contribution in [-0.4, -0.2) is 66.6 Å². The Hall–Kier alpha value is -2.81. The zero-order valence-electron chi connectivity index (χ0n) is 35.1. The fraction of sp³-hybridized carbons (Fsp3) is 0.630. The number of aromatic nitrogens is 1. The van der Waals surface area contributed by atoms with Crippen molar-refractivity contribution in [3.8, 4) is 11.1 Å². The molecule has 0 spiro atoms. The number of benzene rings is 2. The predicted molar refractivity (Wildman–Crippen MR) is 223 cm³/mol. The molecule has 0 radical (unpaired) electrons. The zero-order chi connectivity index (χ0) is 38.9. The summed E-state index contributed by atoms with van der Waals surface area (Å²) < 4.78 is 13.4. The predicted octanol–water partition coefficient (Wildman–Crippen LogP) is 9.21. The van der Waals surface area contributed by atoms with Crippen molar-refractivity contribution < 1.29 is 9.47 Å². The van der Waals surface area contributed by atoms with Gasteiger partial charge in [-0.25, -0.2) is 0 Å². The first-order chi connectivity index (χ1) is 24.8. The number of hydrogen-bond donors (Lipinski definition) is 2. The van der Waals surface area contributed by atoms with Crippen molar-refractivity contribution in [3.63, 3.8) is 0 Å². The first kappa shape index (κ1) is 42.9. The lowest BCUT2D eigenvalue weighted by molar-refractivity contribution is 0.0501. The van der Waals surface area contributed by atoms with E-state index in [-0.39, 0.29) is 33.5 Å². The van der Waals surface area contributed by atoms with Crippen molar-refractivity contribution in [1.29, 1.82) is 0 Å². The van der Waals surface area contributed by atoms with Crippen LogP contribution in [0.15, 0.2) is 71.7 Å². The molecule has 53 heavy (non-hydrogen) atoms. The van der Waals surface area contributed by atoms with Crippen LogP contribution in [-0.2, 0) is 22.6 Å². The Kier molecular flexibility index (Phi) is 15.1. The van der Waals surface area contributed by atoms with Gasteiger partial charge in [0.05, 0.1) is 26.4 Å². The number of rotatable bonds is 17. The first-order valence-corrected chi connectivity index (χ1v) is 20.1. The average Bonchev–Trinajstić information content (AvgIpc) is 3.07. The highest BCUT2D eigenvalue weighted by Gasteiger charge is 2.27. The van der Waals surface area contributed by atoms with Gasteiger partial charge in [0.2, 0.25) is 0 Å². The quantitative estimate of drug-likeness (QED) is 0.135. The minimum absolute atomic E-state index is 0.00483. The van der Waals surface area contributed by atoms with Gasteiger partial charge in [-0.1, -0.05) is 90.1 Å². The third-order valence-corrected chi connectivity index (χ3v) is 9.87. The Bertz CT molecular complexity index is 1580. The average molecular weight is 729 g/mol. The molecule has 1 unspecified atom stereocenters. The van der Waals surface area contributed by atoms with Crippen molar-refractivity contribution in [3.05, 3.63) is 93.9 Å². The maximum atomic E-state index is 12.9. The molecular formula is C46H72N4O3. The van der Waals surface area contributed by atoms with Gasteiger partial charge < -0.3 is 29.6 Å². The van der Waals surface area contributed by atoms with Crippen LogP contribution in [0.4, 0.5) is 0 Å². The van der Waals surface area contributed by atoms with E-state index in [1.165, 1.54) is 29.5 Å². The van der Waals surface area contributed by atoms with Crippen LogP contribution in [0.2, 0.25) is 0 Å². The van der Waals surface area contributed by atoms with Crippen LogP contribution in [0.1, 0.15) is 124 Å². The van der Waals surface area contributed by atoms with E-state index in [1.54, 1.807) is 10.6 Å². The maximum absolute atomic E-state index is 12.9. The van der Waals surface area contributed by atoms with Crippen LogP contribution in [0.5, 0.6) is 0 Å². The van der Waals surface area contributed by atoms with Gasteiger partial charge in [-0.05, 0) is 118 Å². The van der Waals surface area contributed by atoms with Gasteiger partial charge in [-0.3, -0.25) is 4.79 Å². The Labute approximate surface area is 322 Å². The molecule has 0 aliphatic carbocycles. The summed E-state index contributed by atoms with van der Waals surface area (Å²) in [5.41, 5.74) is 6.20. The van der Waals surface area contributed by atoms with Crippen molar-refractivity contribution in [2.45, 2.75) is 132 Å². The summed E-state index contributed by atoms with van der Waals surface area (Å²) in [4.78, 5) is 15.5. The summed E-state index contributed by atoms with van der Waals surface area (Å²) in [6.45, 7) is 32.0. The Balaban J connectivity index is 1.30. The van der Waals surface area contributed by atoms with Crippen molar-refractivity contribution in [2.24, 2.45) is 10.8 Å². The molecule has 1 aliphatic heterocycles. The molecule has 7 nitrogen and oxygen atoms in total. The first-order valence-electron chi connectivity index (χ1n) is 20.1. The summed E-state index contributed by atoms with van der Waals surface area (Å²) in [6, 6.07) is 22.0. The van der Waals surface area contributed by atoms with E-state index in [2.05, 4.69) is 140 Å². The van der Waals surface area contributed by atoms with Gasteiger partial charge in [0.1, 0.15) is 0 Å². The minimum atomic E-state index is -0.106. The topological polar surface area (TPSA) is 67.8 Å². The second-order valence-corrected chi connectivity index (χ2v) is 19.5. The molecule has 1 fully saturated rings. The van der Waals surface area contributed by atoms with E-state index >= 15 is 0 Å². The van der Waals surface area contributed by atoms with Gasteiger partial charge >= 0.3 is 0 Å². The summed E-state index contributed by atoms with van der Waals surface area (Å²) in [6.07, 6.45) is 5.24. The van der Waals surface area contributed by atoms with E-state index in [1.807, 2.05) is 12.3 Å². The van der Waals surface area contributed by atoms with Crippen LogP contribution in [0.3, 0.4) is 0 Å². The molecule has 0 amide bonds. The van der Waals surface area contributed by atoms with Crippen molar-refractivity contribution in [2.75, 3.05) is 46.1 Å². The number of pyridine rings is 1. The number of piperidine rings is 1. The second kappa shape index (κ2) is 18.7. The smallest absolute Gasteiger partial charge is 0.251 e. The van der Waals surface area contributed by atoms with Crippen LogP contribution >= 0.6 is 0 Å². The highest BCUT2D eigenvalue weighted by molar-refractivity contribution is 5.63. The highest BCUT2D eigenvalue weighted by Crippen LogP contribution is 2.30. The third-order valence-electron chi connectivity index (χ3n) is 9.87. The number of hydrogen-bond acceptors (Lipinski definition) is 6. The van der Waals surface area contributed by atoms with Gasteiger partial charge in [0.25, 0.3) is 5.56 Å². The zero-order valence-corrected chi connectivity index (χ0v) is 35.1. The van der Waals surface area contributed by atoms with Gasteiger partial charge in [-0.2, -0.15) is 0 Å². The monoisotopic (exact) mass is 729 g/mol. The molecule has 0 bridgehead atoms. The van der Waals surface area contributed by atoms with Crippen LogP contribution in [0, 0.1) is 10.8 Å². The summed E-state index contributed by atoms with van der Waals surface area (Å²) >= 11 is 0. The number of ether oxygens (including phenoxy) is 2. The van der Waals surface area contributed by atoms with Crippen molar-refractivity contribution >= 4 is 0 Å². The molecule has 1 aliphatic rings. The van der Waals surface area contributed by atoms with E-state index in [0.717, 1.165) is 56.9 Å². The Morgan fingerprint density at radius 3 is 1.87 bits per heavy atom. The summed E-state index contributed by atoms with van der Waals surface area (Å²) in [7, 11) is 0. The SMILES string of the molecule is CC(C)(C)COCCN1CCC(c2ccc(CNC(C)(C)CC(NC(C)(C)C)c3ccc(-c4ccn(CCOCC(C)(C)C)c(=O)c4)cc3)cc2)CC1. The fourth-order valence-corrected chi connectivity index (χ4v) is 6.99. The molecule has 1 aromatic heterocycles. The van der Waals surface area contributed by atoms with Gasteiger partial charge in [0, 0.05) is 49.0 Å². The van der Waals surface area contributed by atoms with Gasteiger partial charge in [0.15, 0.2) is 0 Å². The lowest BCUT2D eigenvalue weighted by Gasteiger charge is -2.36. The van der Waals surface area contributed by atoms with E-state index in [9.17, 15) is 4.79 Å². The normalized spacial score (nSPS) is 15.9. The molecule has 1 saturated heterocycles. The number of nitrogens with one attached hydrogen (secondary N) is 2. The van der Waals surface area contributed by atoms with Gasteiger partial charge in [-0.15, -0.1) is 0 Å². The van der Waals surface area contributed by atoms with E-state index in [0.29, 0.717) is 25.7 Å². The summed E-state index contributed by atoms with van der Waals surface area (Å²) in [5, 5.41) is 7.76. The highest BCUT2D eigenvalue weighted by atomic mass is 16.5. The molecule has 2 heterocycles. The molecule has 7 heteroatoms. The molecule has 294 valence electrons. The minimum Gasteiger partial charge on any atom is -0.380 e. The second-order valence-electron chi connectivity index (χ2n) is 19.5. The fourth-order valence-electron chi connectivity index (χ4n) is 6.99. The third kappa shape index (κ3) is 15.5. The Morgan fingerprint density at radius 2 is 1.32 bits per heavy atom.